The molecule has 1 aliphatic rings. The van der Waals surface area contributed by atoms with Gasteiger partial charge in [0, 0.05) is 69.8 Å². The van der Waals surface area contributed by atoms with Crippen LogP contribution in [0.15, 0.2) is 115 Å². The number of ether oxygens (including phenoxy) is 1. The van der Waals surface area contributed by atoms with Crippen LogP contribution in [0.5, 0.6) is 11.5 Å². The minimum absolute atomic E-state index is 0. The zero-order valence-corrected chi connectivity index (χ0v) is 35.4. The van der Waals surface area contributed by atoms with Gasteiger partial charge < -0.3 is 19.1 Å². The van der Waals surface area contributed by atoms with E-state index in [1.54, 1.807) is 0 Å². The van der Waals surface area contributed by atoms with Crippen molar-refractivity contribution in [2.75, 3.05) is 9.80 Å². The molecule has 0 aliphatic carbocycles. The summed E-state index contributed by atoms with van der Waals surface area (Å²) in [5.74, 6) is 2.12. The average molecular weight is 902 g/mol. The molecule has 0 spiro atoms. The Morgan fingerprint density at radius 3 is 1.91 bits per heavy atom. The molecule has 0 fully saturated rings. The molecule has 0 N–H and O–H groups in total. The number of aromatic nitrogens is 2. The van der Waals surface area contributed by atoms with Crippen molar-refractivity contribution < 1.29 is 25.8 Å². The second-order valence-corrected chi connectivity index (χ2v) is 17.2. The van der Waals surface area contributed by atoms with Crippen molar-refractivity contribution in [3.8, 4) is 17.3 Å². The summed E-state index contributed by atoms with van der Waals surface area (Å²) in [5.41, 5.74) is 9.78. The van der Waals surface area contributed by atoms with Crippen LogP contribution >= 0.6 is 0 Å². The Kier molecular flexibility index (Phi) is 10.7. The van der Waals surface area contributed by atoms with E-state index in [9.17, 15) is 0 Å². The molecule has 7 heteroatoms. The first-order valence-corrected chi connectivity index (χ1v) is 18.5. The van der Waals surface area contributed by atoms with E-state index < -0.39 is 0 Å². The Hall–Kier alpha value is -4.80. The molecule has 0 saturated carbocycles. The first-order valence-electron chi connectivity index (χ1n) is 18.5. The molecule has 3 radical (unpaired) electrons. The topological polar surface area (TPSA) is 33.5 Å². The molecule has 1 aliphatic heterocycles. The monoisotopic (exact) mass is 901 g/mol. The summed E-state index contributed by atoms with van der Waals surface area (Å²) in [4.78, 5) is 9.39. The average Bonchev–Trinajstić information content (AvgIpc) is 3.67. The molecule has 8 rings (SSSR count). The Balaban J connectivity index is 0.00000257. The Bertz CT molecular complexity index is 2500. The van der Waals surface area contributed by atoms with Crippen molar-refractivity contribution in [2.24, 2.45) is 0 Å². The summed E-state index contributed by atoms with van der Waals surface area (Å²) in [6.07, 6.45) is 1.90. The number of fused-ring (bicyclic) bond motifs is 4. The smallest absolute Gasteiger partial charge is 0.135 e. The quantitative estimate of drug-likeness (QED) is 0.127. The first-order chi connectivity index (χ1) is 25.2. The maximum Gasteiger partial charge on any atom is 0.135 e. The van der Waals surface area contributed by atoms with Gasteiger partial charge in [0.1, 0.15) is 5.82 Å². The molecule has 0 amide bonds. The molecule has 281 valence electrons. The van der Waals surface area contributed by atoms with Crippen LogP contribution in [0, 0.1) is 18.8 Å². The summed E-state index contributed by atoms with van der Waals surface area (Å²) in [6, 6.07) is 45.8. The first kappa shape index (κ1) is 39.9. The molecule has 55 heavy (non-hydrogen) atoms. The summed E-state index contributed by atoms with van der Waals surface area (Å²) in [5, 5.41) is 2.25. The van der Waals surface area contributed by atoms with Gasteiger partial charge >= 0.3 is 0 Å². The zero-order chi connectivity index (χ0) is 37.3. The second kappa shape index (κ2) is 14.7. The predicted molar refractivity (Wildman–Crippen MR) is 226 cm³/mol. The maximum absolute atomic E-state index is 6.75. The minimum Gasteiger partial charge on any atom is -0.509 e. The molecule has 0 atom stereocenters. The second-order valence-electron chi connectivity index (χ2n) is 17.2. The van der Waals surface area contributed by atoms with Crippen molar-refractivity contribution >= 4 is 53.0 Å². The van der Waals surface area contributed by atoms with E-state index in [1.807, 2.05) is 12.3 Å². The van der Waals surface area contributed by atoms with Crippen molar-refractivity contribution in [2.45, 2.75) is 78.6 Å². The molecular weight excluding hydrogens is 854 g/mol. The molecular formula is C48H47BN4OPt-3. The Morgan fingerprint density at radius 2 is 1.22 bits per heavy atom. The normalized spacial score (nSPS) is 13.1. The van der Waals surface area contributed by atoms with E-state index in [0.717, 1.165) is 50.2 Å². The fourth-order valence-corrected chi connectivity index (χ4v) is 7.26. The van der Waals surface area contributed by atoms with Crippen molar-refractivity contribution in [3.05, 3.63) is 151 Å². The van der Waals surface area contributed by atoms with Gasteiger partial charge in [-0.1, -0.05) is 116 Å². The predicted octanol–water partition coefficient (Wildman–Crippen LogP) is 12.5. The van der Waals surface area contributed by atoms with E-state index >= 15 is 0 Å². The maximum atomic E-state index is 6.75. The van der Waals surface area contributed by atoms with Crippen molar-refractivity contribution in [1.29, 1.82) is 0 Å². The van der Waals surface area contributed by atoms with Gasteiger partial charge in [-0.05, 0) is 69.2 Å². The fourth-order valence-electron chi connectivity index (χ4n) is 7.26. The number of hydrogen-bond donors (Lipinski definition) is 0. The number of anilines is 4. The third-order valence-corrected chi connectivity index (χ3v) is 10.2. The van der Waals surface area contributed by atoms with Gasteiger partial charge in [-0.3, -0.25) is 0 Å². The molecule has 7 aromatic rings. The number of pyridine rings is 1. The van der Waals surface area contributed by atoms with E-state index in [0.29, 0.717) is 11.5 Å². The zero-order valence-electron chi connectivity index (χ0n) is 33.1. The molecule has 3 heterocycles. The van der Waals surface area contributed by atoms with Crippen LogP contribution in [-0.2, 0) is 37.3 Å². The number of nitrogens with zero attached hydrogens (tertiary/aromatic N) is 4. The van der Waals surface area contributed by atoms with E-state index in [1.165, 1.54) is 16.8 Å². The molecule has 0 unspecified atom stereocenters. The van der Waals surface area contributed by atoms with E-state index in [-0.39, 0.29) is 45.7 Å². The van der Waals surface area contributed by atoms with E-state index in [4.69, 9.17) is 9.72 Å². The minimum atomic E-state index is -0.135. The molecule has 0 saturated heterocycles. The summed E-state index contributed by atoms with van der Waals surface area (Å²) in [6.45, 7) is 22.4. The number of rotatable bonds is 5. The van der Waals surface area contributed by atoms with Gasteiger partial charge in [-0.2, -0.15) is 6.07 Å². The van der Waals surface area contributed by atoms with Crippen LogP contribution in [0.2, 0.25) is 0 Å². The number of hydrogen-bond acceptors (Lipinski definition) is 4. The molecule has 0 bridgehead atoms. The van der Waals surface area contributed by atoms with Gasteiger partial charge in [-0.25, -0.2) is 4.98 Å². The van der Waals surface area contributed by atoms with Crippen molar-refractivity contribution in [1.82, 2.24) is 9.55 Å². The summed E-state index contributed by atoms with van der Waals surface area (Å²) in [7, 11) is 0. The van der Waals surface area contributed by atoms with Crippen LogP contribution in [-0.4, -0.2) is 18.0 Å². The SMILES string of the molecule is CC(C)(C)c1cc(Oc2[c-]c3c(cc2)c2ccccc2n3-c2cc(C(C)(C)C)ccn2)[c-]c(N2[CH-]N(c3ccccc3C(C)(C)C)c3ccccc32)c1.[B].[Pt]. The van der Waals surface area contributed by atoms with Gasteiger partial charge in [-0.15, -0.1) is 53.6 Å². The summed E-state index contributed by atoms with van der Waals surface area (Å²) < 4.78 is 8.95. The molecule has 5 aromatic carbocycles. The van der Waals surface area contributed by atoms with E-state index in [2.05, 4.69) is 199 Å². The van der Waals surface area contributed by atoms with Crippen LogP contribution in [0.1, 0.15) is 79.0 Å². The Labute approximate surface area is 343 Å². The Morgan fingerprint density at radius 1 is 0.582 bits per heavy atom. The van der Waals surface area contributed by atoms with Crippen LogP contribution < -0.4 is 14.5 Å². The number of para-hydroxylation sites is 4. The van der Waals surface area contributed by atoms with Gasteiger partial charge in [0.05, 0.1) is 0 Å². The standard InChI is InChI=1S/C48H47N4O.B.Pt/c1-46(2,3)32-24-25-49-45(28-32)52-40-18-12-10-16-37(40)38-23-22-35(30-44(38)52)53-36-27-33(47(4,5)6)26-34(29-36)50-31-51(43-21-15-14-20-42(43)50)41-19-13-11-17-39(41)48(7,8)9;;/h10-28,31H,1-9H3;;/q-3;;. The number of benzene rings is 5. The van der Waals surface area contributed by atoms with Gasteiger partial charge in [0.25, 0.3) is 0 Å². The molecule has 5 nitrogen and oxygen atoms in total. The third kappa shape index (κ3) is 7.46. The van der Waals surface area contributed by atoms with Crippen LogP contribution in [0.4, 0.5) is 22.7 Å². The van der Waals surface area contributed by atoms with Gasteiger partial charge in [0.2, 0.25) is 0 Å². The third-order valence-electron chi connectivity index (χ3n) is 10.2. The van der Waals surface area contributed by atoms with Crippen LogP contribution in [0.3, 0.4) is 0 Å². The fraction of sp³-hybridized carbons (Fsp3) is 0.250. The van der Waals surface area contributed by atoms with Crippen LogP contribution in [0.25, 0.3) is 27.6 Å². The van der Waals surface area contributed by atoms with Crippen molar-refractivity contribution in [3.63, 3.8) is 0 Å². The largest absolute Gasteiger partial charge is 0.509 e. The van der Waals surface area contributed by atoms with Gasteiger partial charge in [0.15, 0.2) is 0 Å². The summed E-state index contributed by atoms with van der Waals surface area (Å²) >= 11 is 0. The molecule has 2 aromatic heterocycles.